The van der Waals surface area contributed by atoms with Gasteiger partial charge in [-0.3, -0.25) is 14.2 Å². The monoisotopic (exact) mass is 527 g/mol. The van der Waals surface area contributed by atoms with E-state index >= 15 is 0 Å². The van der Waals surface area contributed by atoms with Crippen molar-refractivity contribution in [2.45, 2.75) is 59.3 Å². The Morgan fingerprint density at radius 1 is 1.14 bits per heavy atom. The van der Waals surface area contributed by atoms with Crippen molar-refractivity contribution < 1.29 is 17.6 Å². The van der Waals surface area contributed by atoms with Gasteiger partial charge >= 0.3 is 0 Å². The zero-order valence-electron chi connectivity index (χ0n) is 21.5. The molecule has 1 aliphatic heterocycles. The Labute approximate surface area is 215 Å². The molecule has 1 aromatic heterocycles. The van der Waals surface area contributed by atoms with E-state index < -0.39 is 22.1 Å². The van der Waals surface area contributed by atoms with E-state index in [1.165, 1.54) is 4.31 Å². The summed E-state index contributed by atoms with van der Waals surface area (Å²) in [5.41, 5.74) is 1.67. The number of hydrogen-bond acceptors (Lipinski definition) is 4. The Kier molecular flexibility index (Phi) is 13.4. The lowest BCUT2D eigenvalue weighted by atomic mass is 9.75. The quantitative estimate of drug-likeness (QED) is 0.488. The number of pyridine rings is 1. The minimum absolute atomic E-state index is 0.000712. The highest BCUT2D eigenvalue weighted by atomic mass is 35.5. The highest BCUT2D eigenvalue weighted by Gasteiger charge is 2.40. The van der Waals surface area contributed by atoms with Crippen LogP contribution in [0, 0.1) is 6.92 Å². The molecular weight excluding hydrogens is 489 g/mol. The van der Waals surface area contributed by atoms with Crippen molar-refractivity contribution in [1.82, 2.24) is 14.6 Å². The Hall–Kier alpha value is -2.03. The molecule has 1 aromatic carbocycles. The van der Waals surface area contributed by atoms with Gasteiger partial charge < -0.3 is 5.32 Å². The van der Waals surface area contributed by atoms with Crippen LogP contribution < -0.4 is 5.32 Å². The summed E-state index contributed by atoms with van der Waals surface area (Å²) in [7, 11) is -3.49. The molecule has 0 saturated carbocycles. The lowest BCUT2D eigenvalue weighted by molar-refractivity contribution is 0.0931. The first kappa shape index (κ1) is 31.0. The van der Waals surface area contributed by atoms with Crippen LogP contribution >= 0.6 is 11.6 Å². The van der Waals surface area contributed by atoms with Crippen LogP contribution in [0.1, 0.15) is 68.6 Å². The van der Waals surface area contributed by atoms with Crippen LogP contribution in [0.2, 0.25) is 5.02 Å². The van der Waals surface area contributed by atoms with Gasteiger partial charge in [0.2, 0.25) is 10.0 Å². The van der Waals surface area contributed by atoms with Gasteiger partial charge in [0.15, 0.2) is 0 Å². The van der Waals surface area contributed by atoms with Crippen LogP contribution in [-0.2, 0) is 15.4 Å². The third-order valence-corrected chi connectivity index (χ3v) is 8.03. The average Bonchev–Trinajstić information content (AvgIpc) is 2.89. The largest absolute Gasteiger partial charge is 0.351 e. The topological polar surface area (TPSA) is 79.4 Å². The van der Waals surface area contributed by atoms with Crippen LogP contribution in [0.3, 0.4) is 0 Å². The van der Waals surface area contributed by atoms with Crippen molar-refractivity contribution in [3.8, 4) is 0 Å². The summed E-state index contributed by atoms with van der Waals surface area (Å²) in [6.07, 6.45) is 2.73. The molecule has 0 bridgehead atoms. The first-order chi connectivity index (χ1) is 16.8. The zero-order valence-corrected chi connectivity index (χ0v) is 23.1. The lowest BCUT2D eigenvalue weighted by Gasteiger charge is -2.41. The molecule has 6 nitrogen and oxygen atoms in total. The van der Waals surface area contributed by atoms with Gasteiger partial charge in [0.1, 0.15) is 0 Å². The molecule has 0 atom stereocenters. The Balaban J connectivity index is 0.00000145. The molecular formula is C26H39ClFN3O3S. The van der Waals surface area contributed by atoms with Gasteiger partial charge in [0.05, 0.1) is 12.4 Å². The van der Waals surface area contributed by atoms with Gasteiger partial charge in [-0.1, -0.05) is 45.4 Å². The number of carbonyl (C=O) groups is 1. The van der Waals surface area contributed by atoms with Gasteiger partial charge in [-0.15, -0.1) is 0 Å². The summed E-state index contributed by atoms with van der Waals surface area (Å²) in [6.45, 7) is 10.1. The van der Waals surface area contributed by atoms with Crippen molar-refractivity contribution in [3.63, 3.8) is 0 Å². The molecule has 2 heterocycles. The number of carbonyl (C=O) groups excluding carboxylic acids is 1. The smallest absolute Gasteiger partial charge is 0.251 e. The van der Waals surface area contributed by atoms with Gasteiger partial charge in [0.25, 0.3) is 5.91 Å². The van der Waals surface area contributed by atoms with Crippen LogP contribution in [0.25, 0.3) is 0 Å². The van der Waals surface area contributed by atoms with E-state index in [9.17, 15) is 17.6 Å². The SMILES string of the molecule is CC.CC.Cc1cc(Cl)ccc1C(=O)NCC1(c2ccccn2)CCN(S(=O)(=O)CCCF)CC1. The molecule has 1 aliphatic rings. The van der Waals surface area contributed by atoms with Gasteiger partial charge in [-0.05, 0) is 62.1 Å². The van der Waals surface area contributed by atoms with E-state index in [4.69, 9.17) is 11.6 Å². The molecule has 9 heteroatoms. The minimum Gasteiger partial charge on any atom is -0.351 e. The lowest BCUT2D eigenvalue weighted by Crippen LogP contribution is -2.51. The second-order valence-corrected chi connectivity index (χ2v) is 10.4. The Morgan fingerprint density at radius 2 is 1.80 bits per heavy atom. The molecule has 1 fully saturated rings. The van der Waals surface area contributed by atoms with Gasteiger partial charge in [-0.25, -0.2) is 12.7 Å². The third kappa shape index (κ3) is 8.54. The molecule has 0 radical (unpaired) electrons. The van der Waals surface area contributed by atoms with Crippen LogP contribution in [0.4, 0.5) is 4.39 Å². The highest BCUT2D eigenvalue weighted by Crippen LogP contribution is 2.35. The van der Waals surface area contributed by atoms with Crippen LogP contribution in [0.5, 0.6) is 0 Å². The number of aromatic nitrogens is 1. The normalized spacial score (nSPS) is 15.2. The number of halogens is 2. The molecule has 1 amide bonds. The molecule has 0 aliphatic carbocycles. The van der Waals surface area contributed by atoms with E-state index in [0.29, 0.717) is 43.1 Å². The van der Waals surface area contributed by atoms with Crippen LogP contribution in [-0.4, -0.2) is 55.7 Å². The molecule has 1 saturated heterocycles. The zero-order chi connectivity index (χ0) is 26.5. The maximum absolute atomic E-state index is 12.8. The predicted octanol–water partition coefficient (Wildman–Crippen LogP) is 5.55. The minimum atomic E-state index is -3.49. The van der Waals surface area contributed by atoms with Crippen molar-refractivity contribution in [2.24, 2.45) is 0 Å². The maximum atomic E-state index is 12.8. The molecule has 1 N–H and O–H groups in total. The Bertz CT molecular complexity index is 1010. The summed E-state index contributed by atoms with van der Waals surface area (Å²) < 4.78 is 38.8. The van der Waals surface area contributed by atoms with E-state index in [0.717, 1.165) is 11.3 Å². The molecule has 0 unspecified atom stereocenters. The second-order valence-electron chi connectivity index (χ2n) is 7.89. The van der Waals surface area contributed by atoms with E-state index in [1.54, 1.807) is 24.4 Å². The van der Waals surface area contributed by atoms with E-state index in [1.807, 2.05) is 52.8 Å². The fourth-order valence-corrected chi connectivity index (χ4v) is 5.68. The van der Waals surface area contributed by atoms with E-state index in [2.05, 4.69) is 10.3 Å². The number of alkyl halides is 1. The van der Waals surface area contributed by atoms with Crippen molar-refractivity contribution >= 4 is 27.5 Å². The maximum Gasteiger partial charge on any atom is 0.251 e. The average molecular weight is 528 g/mol. The second kappa shape index (κ2) is 15.2. The number of rotatable bonds is 8. The summed E-state index contributed by atoms with van der Waals surface area (Å²) in [4.78, 5) is 17.3. The summed E-state index contributed by atoms with van der Waals surface area (Å²) in [5, 5.41) is 3.59. The van der Waals surface area contributed by atoms with Crippen molar-refractivity contribution in [3.05, 3.63) is 64.4 Å². The molecule has 2 aromatic rings. The number of nitrogens with zero attached hydrogens (tertiary/aromatic N) is 2. The third-order valence-electron chi connectivity index (χ3n) is 5.84. The number of nitrogens with one attached hydrogen (secondary N) is 1. The molecule has 196 valence electrons. The Morgan fingerprint density at radius 3 is 2.34 bits per heavy atom. The summed E-state index contributed by atoms with van der Waals surface area (Å²) in [6, 6.07) is 10.7. The van der Waals surface area contributed by atoms with Gasteiger partial charge in [0, 0.05) is 47.5 Å². The predicted molar refractivity (Wildman–Crippen MR) is 142 cm³/mol. The standard InChI is InChI=1S/C22H27ClFN3O3S.2C2H6/c1-17-15-18(23)6-7-19(17)21(28)26-16-22(20-5-2-3-11-25-20)8-12-27(13-9-22)31(29,30)14-4-10-24;2*1-2/h2-3,5-7,11,15H,4,8-10,12-14,16H2,1H3,(H,26,28);2*1-2H3. The van der Waals surface area contributed by atoms with E-state index in [-0.39, 0.29) is 18.1 Å². The molecule has 0 spiro atoms. The number of hydrogen-bond donors (Lipinski definition) is 1. The molecule has 35 heavy (non-hydrogen) atoms. The molecule has 3 rings (SSSR count). The van der Waals surface area contributed by atoms with Crippen molar-refractivity contribution in [2.75, 3.05) is 32.1 Å². The highest BCUT2D eigenvalue weighted by molar-refractivity contribution is 7.89. The number of amides is 1. The fraction of sp³-hybridized carbons (Fsp3) is 0.538. The number of sulfonamides is 1. The van der Waals surface area contributed by atoms with Gasteiger partial charge in [-0.2, -0.15) is 0 Å². The summed E-state index contributed by atoms with van der Waals surface area (Å²) in [5.74, 6) is -0.394. The first-order valence-electron chi connectivity index (χ1n) is 12.3. The van der Waals surface area contributed by atoms with Crippen molar-refractivity contribution in [1.29, 1.82) is 0 Å². The first-order valence-corrected chi connectivity index (χ1v) is 14.3. The van der Waals surface area contributed by atoms with Crippen LogP contribution in [0.15, 0.2) is 42.6 Å². The fourth-order valence-electron chi connectivity index (χ4n) is 3.98. The number of piperidine rings is 1. The summed E-state index contributed by atoms with van der Waals surface area (Å²) >= 11 is 5.99. The number of aryl methyl sites for hydroxylation is 1. The number of benzene rings is 1.